The van der Waals surface area contributed by atoms with Crippen LogP contribution in [0.4, 0.5) is 0 Å². The van der Waals surface area contributed by atoms with Gasteiger partial charge in [-0.3, -0.25) is 4.79 Å². The minimum absolute atomic E-state index is 0.0554. The molecule has 0 aliphatic rings. The van der Waals surface area contributed by atoms with Crippen LogP contribution in [0.15, 0.2) is 51.4 Å². The molecular formula is C17H14ClN3O4S. The van der Waals surface area contributed by atoms with Gasteiger partial charge in [0.1, 0.15) is 0 Å². The van der Waals surface area contributed by atoms with Crippen molar-refractivity contribution in [3.05, 3.63) is 68.8 Å². The number of benzene rings is 1. The number of hydrogen-bond donors (Lipinski definition) is 0. The first-order valence-corrected chi connectivity index (χ1v) is 8.84. The third-order valence-electron chi connectivity index (χ3n) is 3.33. The highest BCUT2D eigenvalue weighted by atomic mass is 35.5. The lowest BCUT2D eigenvalue weighted by molar-refractivity contribution is -0.121. The molecule has 2 aromatic heterocycles. The molecule has 134 valence electrons. The van der Waals surface area contributed by atoms with Crippen molar-refractivity contribution < 1.29 is 18.8 Å². The van der Waals surface area contributed by atoms with Gasteiger partial charge in [-0.25, -0.2) is 4.79 Å². The van der Waals surface area contributed by atoms with Crippen LogP contribution in [0.2, 0.25) is 5.02 Å². The first-order valence-electron chi connectivity index (χ1n) is 7.58. The van der Waals surface area contributed by atoms with Crippen molar-refractivity contribution in [3.63, 3.8) is 0 Å². The molecule has 9 heteroatoms. The highest BCUT2D eigenvalue weighted by Crippen LogP contribution is 2.15. The summed E-state index contributed by atoms with van der Waals surface area (Å²) >= 11 is 7.47. The fraction of sp³-hybridized carbons (Fsp3) is 0.176. The SMILES string of the molecule is Cc1cc(C(=O)OCC(=O)N=c2sccn2Cc2ccccc2Cl)on1. The molecule has 7 nitrogen and oxygen atoms in total. The minimum Gasteiger partial charge on any atom is -0.450 e. The Balaban J connectivity index is 1.66. The molecule has 1 amide bonds. The number of amides is 1. The molecule has 0 radical (unpaired) electrons. The minimum atomic E-state index is -0.760. The molecule has 0 saturated carbocycles. The molecule has 0 bridgehead atoms. The van der Waals surface area contributed by atoms with Crippen molar-refractivity contribution in [3.8, 4) is 0 Å². The van der Waals surface area contributed by atoms with Crippen molar-refractivity contribution in [2.75, 3.05) is 6.61 Å². The van der Waals surface area contributed by atoms with Gasteiger partial charge in [0.15, 0.2) is 11.4 Å². The van der Waals surface area contributed by atoms with Gasteiger partial charge in [0.05, 0.1) is 12.2 Å². The van der Waals surface area contributed by atoms with Gasteiger partial charge in [-0.05, 0) is 18.6 Å². The third-order valence-corrected chi connectivity index (χ3v) is 4.50. The van der Waals surface area contributed by atoms with E-state index in [2.05, 4.69) is 10.1 Å². The van der Waals surface area contributed by atoms with Gasteiger partial charge in [-0.15, -0.1) is 11.3 Å². The summed E-state index contributed by atoms with van der Waals surface area (Å²) in [6.45, 7) is 1.67. The molecule has 0 saturated heterocycles. The number of esters is 1. The van der Waals surface area contributed by atoms with Gasteiger partial charge in [0, 0.05) is 22.7 Å². The zero-order valence-corrected chi connectivity index (χ0v) is 15.3. The van der Waals surface area contributed by atoms with Crippen molar-refractivity contribution in [2.45, 2.75) is 13.5 Å². The van der Waals surface area contributed by atoms with Crippen LogP contribution in [0.3, 0.4) is 0 Å². The molecule has 0 fully saturated rings. The molecule has 0 N–H and O–H groups in total. The van der Waals surface area contributed by atoms with E-state index < -0.39 is 18.5 Å². The Kier molecular flexibility index (Phi) is 5.65. The van der Waals surface area contributed by atoms with Crippen molar-refractivity contribution in [2.24, 2.45) is 4.99 Å². The normalized spacial score (nSPS) is 11.5. The standard InChI is InChI=1S/C17H14ClN3O4S/c1-11-8-14(25-20-11)16(23)24-10-15(22)19-17-21(6-7-26-17)9-12-4-2-3-5-13(12)18/h2-8H,9-10H2,1H3. The Bertz CT molecular complexity index is 1010. The topological polar surface area (TPSA) is 86.7 Å². The Morgan fingerprint density at radius 2 is 2.19 bits per heavy atom. The Morgan fingerprint density at radius 1 is 1.38 bits per heavy atom. The van der Waals surface area contributed by atoms with E-state index in [0.717, 1.165) is 5.56 Å². The average molecular weight is 392 g/mol. The van der Waals surface area contributed by atoms with E-state index in [1.165, 1.54) is 17.4 Å². The highest BCUT2D eigenvalue weighted by molar-refractivity contribution is 7.07. The largest absolute Gasteiger partial charge is 0.450 e. The van der Waals surface area contributed by atoms with Crippen molar-refractivity contribution in [1.29, 1.82) is 0 Å². The number of carbonyl (C=O) groups excluding carboxylic acids is 2. The predicted molar refractivity (Wildman–Crippen MR) is 95.0 cm³/mol. The van der Waals surface area contributed by atoms with Gasteiger partial charge in [0.2, 0.25) is 5.76 Å². The zero-order valence-electron chi connectivity index (χ0n) is 13.7. The van der Waals surface area contributed by atoms with Crippen LogP contribution < -0.4 is 4.80 Å². The Labute approximate surface area is 157 Å². The number of aromatic nitrogens is 2. The summed E-state index contributed by atoms with van der Waals surface area (Å²) in [6, 6.07) is 8.88. The van der Waals surface area contributed by atoms with E-state index >= 15 is 0 Å². The molecule has 3 rings (SSSR count). The second-order valence-corrected chi connectivity index (χ2v) is 6.60. The lowest BCUT2D eigenvalue weighted by Gasteiger charge is -2.05. The summed E-state index contributed by atoms with van der Waals surface area (Å²) < 4.78 is 11.5. The molecule has 0 aliphatic heterocycles. The van der Waals surface area contributed by atoms with Gasteiger partial charge >= 0.3 is 5.97 Å². The number of halogens is 1. The smallest absolute Gasteiger partial charge is 0.377 e. The maximum atomic E-state index is 12.0. The van der Waals surface area contributed by atoms with E-state index in [1.807, 2.05) is 29.8 Å². The summed E-state index contributed by atoms with van der Waals surface area (Å²) in [5.41, 5.74) is 1.46. The molecule has 2 heterocycles. The number of aryl methyl sites for hydroxylation is 1. The molecular weight excluding hydrogens is 378 g/mol. The molecule has 26 heavy (non-hydrogen) atoms. The van der Waals surface area contributed by atoms with Gasteiger partial charge in [-0.2, -0.15) is 4.99 Å². The predicted octanol–water partition coefficient (Wildman–Crippen LogP) is 2.83. The van der Waals surface area contributed by atoms with E-state index in [1.54, 1.807) is 17.6 Å². The molecule has 0 atom stereocenters. The lowest BCUT2D eigenvalue weighted by atomic mass is 10.2. The van der Waals surface area contributed by atoms with Gasteiger partial charge in [-0.1, -0.05) is 35.0 Å². The molecule has 0 aliphatic carbocycles. The third kappa shape index (κ3) is 4.47. The van der Waals surface area contributed by atoms with E-state index in [9.17, 15) is 9.59 Å². The van der Waals surface area contributed by atoms with Crippen LogP contribution in [-0.4, -0.2) is 28.2 Å². The molecule has 0 spiro atoms. The van der Waals surface area contributed by atoms with Crippen LogP contribution in [0.1, 0.15) is 21.8 Å². The Morgan fingerprint density at radius 3 is 2.92 bits per heavy atom. The second kappa shape index (κ2) is 8.11. The van der Waals surface area contributed by atoms with Crippen LogP contribution in [0.5, 0.6) is 0 Å². The van der Waals surface area contributed by atoms with Crippen LogP contribution in [0.25, 0.3) is 0 Å². The fourth-order valence-corrected chi connectivity index (χ4v) is 3.05. The van der Waals surface area contributed by atoms with Crippen molar-refractivity contribution >= 4 is 34.8 Å². The van der Waals surface area contributed by atoms with Gasteiger partial charge < -0.3 is 13.8 Å². The number of nitrogens with zero attached hydrogens (tertiary/aromatic N) is 3. The summed E-state index contributed by atoms with van der Waals surface area (Å²) in [5, 5.41) is 6.04. The van der Waals surface area contributed by atoms with Crippen molar-refractivity contribution in [1.82, 2.24) is 9.72 Å². The van der Waals surface area contributed by atoms with E-state index in [-0.39, 0.29) is 5.76 Å². The van der Waals surface area contributed by atoms with Crippen LogP contribution in [-0.2, 0) is 16.1 Å². The second-order valence-electron chi connectivity index (χ2n) is 5.32. The Hall–Kier alpha value is -2.71. The number of carbonyl (C=O) groups is 2. The van der Waals surface area contributed by atoms with Gasteiger partial charge in [0.25, 0.3) is 5.91 Å². The average Bonchev–Trinajstić information content (AvgIpc) is 3.24. The zero-order chi connectivity index (χ0) is 18.5. The highest BCUT2D eigenvalue weighted by Gasteiger charge is 2.15. The maximum absolute atomic E-state index is 12.0. The molecule has 0 unspecified atom stereocenters. The number of thiazole rings is 1. The molecule has 1 aromatic carbocycles. The first kappa shape index (κ1) is 18.1. The maximum Gasteiger partial charge on any atom is 0.377 e. The molecule has 3 aromatic rings. The van der Waals surface area contributed by atoms with E-state index in [4.69, 9.17) is 20.9 Å². The summed E-state index contributed by atoms with van der Waals surface area (Å²) in [7, 11) is 0. The van der Waals surface area contributed by atoms with E-state index in [0.29, 0.717) is 22.1 Å². The monoisotopic (exact) mass is 391 g/mol. The van der Waals surface area contributed by atoms with Crippen LogP contribution in [0, 0.1) is 6.92 Å². The first-order chi connectivity index (χ1) is 12.5. The number of ether oxygens (including phenoxy) is 1. The number of rotatable bonds is 5. The van der Waals surface area contributed by atoms with Crippen LogP contribution >= 0.6 is 22.9 Å². The quantitative estimate of drug-likeness (QED) is 0.624. The number of hydrogen-bond acceptors (Lipinski definition) is 6. The summed E-state index contributed by atoms with van der Waals surface area (Å²) in [5.74, 6) is -1.39. The fourth-order valence-electron chi connectivity index (χ4n) is 2.11. The summed E-state index contributed by atoms with van der Waals surface area (Å²) in [6.07, 6.45) is 1.81. The lowest BCUT2D eigenvalue weighted by Crippen LogP contribution is -2.20. The summed E-state index contributed by atoms with van der Waals surface area (Å²) in [4.78, 5) is 28.2.